The number of carbonyl (C=O) groups is 3. The number of ether oxygens (including phenoxy) is 3. The minimum absolute atomic E-state index is 0.0432. The van der Waals surface area contributed by atoms with Gasteiger partial charge in [-0.1, -0.05) is 6.92 Å². The molecule has 9 atom stereocenters. The van der Waals surface area contributed by atoms with Gasteiger partial charge >= 0.3 is 17.9 Å². The second-order valence-corrected chi connectivity index (χ2v) is 16.3. The molecule has 3 aliphatic heterocycles. The molecule has 9 heteroatoms. The monoisotopic (exact) mass is 554 g/mol. The Morgan fingerprint density at radius 3 is 1.19 bits per heavy atom. The molecule has 3 aliphatic carbocycles. The van der Waals surface area contributed by atoms with E-state index in [1.165, 1.54) is 0 Å². The number of carbonyl (C=O) groups excluding carboxylic acids is 3. The van der Waals surface area contributed by atoms with E-state index >= 15 is 0 Å². The van der Waals surface area contributed by atoms with Gasteiger partial charge in [0.25, 0.3) is 0 Å². The average Bonchev–Trinajstić information content (AvgIpc) is 3.79. The van der Waals surface area contributed by atoms with Crippen molar-refractivity contribution in [1.29, 1.82) is 0 Å². The minimum atomic E-state index is -0.705. The second-order valence-electron chi connectivity index (χ2n) is 11.8. The van der Waals surface area contributed by atoms with Crippen LogP contribution in [0.2, 0.25) is 0 Å². The molecule has 0 aromatic carbocycles. The zero-order valence-corrected chi connectivity index (χ0v) is 23.5. The summed E-state index contributed by atoms with van der Waals surface area (Å²) in [6, 6.07) is 0. The van der Waals surface area contributed by atoms with Gasteiger partial charge in [-0.3, -0.25) is 14.4 Å². The fourth-order valence-electron chi connectivity index (χ4n) is 6.31. The quantitative estimate of drug-likeness (QED) is 0.214. The summed E-state index contributed by atoms with van der Waals surface area (Å²) in [6.45, 7) is 2.37. The normalized spacial score (nSPS) is 41.4. The molecular weight excluding hydrogens is 516 g/mol. The van der Waals surface area contributed by atoms with Gasteiger partial charge in [-0.25, -0.2) is 0 Å². The Morgan fingerprint density at radius 2 is 0.917 bits per heavy atom. The first-order chi connectivity index (χ1) is 17.4. The predicted octanol–water partition coefficient (Wildman–Crippen LogP) is 4.86. The van der Waals surface area contributed by atoms with E-state index in [4.69, 9.17) is 14.2 Å². The van der Waals surface area contributed by atoms with E-state index in [2.05, 4.69) is 0 Å². The molecule has 6 unspecified atom stereocenters. The highest BCUT2D eigenvalue weighted by atomic mass is 32.2. The summed E-state index contributed by atoms with van der Waals surface area (Å²) in [7, 11) is 0. The first-order valence-electron chi connectivity index (χ1n) is 13.9. The maximum atomic E-state index is 12.9. The third-order valence-electron chi connectivity index (χ3n) is 9.32. The largest absolute Gasteiger partial charge is 0.465 e. The van der Waals surface area contributed by atoms with Crippen molar-refractivity contribution in [3.05, 3.63) is 0 Å². The van der Waals surface area contributed by atoms with Gasteiger partial charge in [0, 0.05) is 31.5 Å². The average molecular weight is 555 g/mol. The van der Waals surface area contributed by atoms with Crippen LogP contribution in [0.4, 0.5) is 0 Å². The van der Waals surface area contributed by atoms with Gasteiger partial charge < -0.3 is 14.2 Å². The third kappa shape index (κ3) is 5.88. The first-order valence-corrected chi connectivity index (χ1v) is 16.7. The van der Waals surface area contributed by atoms with Crippen LogP contribution in [0.25, 0.3) is 0 Å². The van der Waals surface area contributed by atoms with E-state index in [9.17, 15) is 14.4 Å². The molecule has 3 saturated carbocycles. The number of hydrogen-bond donors (Lipinski definition) is 0. The van der Waals surface area contributed by atoms with Crippen molar-refractivity contribution in [2.75, 3.05) is 19.8 Å². The molecule has 6 nitrogen and oxygen atoms in total. The van der Waals surface area contributed by atoms with Crippen molar-refractivity contribution in [3.63, 3.8) is 0 Å². The maximum absolute atomic E-state index is 12.9. The van der Waals surface area contributed by atoms with E-state index in [1.54, 1.807) is 0 Å². The summed E-state index contributed by atoms with van der Waals surface area (Å²) in [5.41, 5.74) is -0.705. The summed E-state index contributed by atoms with van der Waals surface area (Å²) >= 11 is 5.94. The molecular formula is C27H38O6S3. The van der Waals surface area contributed by atoms with Crippen molar-refractivity contribution in [1.82, 2.24) is 0 Å². The van der Waals surface area contributed by atoms with E-state index in [-0.39, 0.29) is 55.5 Å². The highest BCUT2D eigenvalue weighted by molar-refractivity contribution is 8.08. The topological polar surface area (TPSA) is 78.9 Å². The lowest BCUT2D eigenvalue weighted by Crippen LogP contribution is -2.41. The van der Waals surface area contributed by atoms with Crippen LogP contribution in [-0.2, 0) is 28.6 Å². The molecule has 3 saturated heterocycles. The van der Waals surface area contributed by atoms with E-state index in [1.807, 2.05) is 42.2 Å². The number of esters is 3. The number of rotatable bonds is 10. The van der Waals surface area contributed by atoms with Gasteiger partial charge in [0.05, 0.1) is 23.2 Å². The molecule has 36 heavy (non-hydrogen) atoms. The molecule has 200 valence electrons. The minimum Gasteiger partial charge on any atom is -0.465 e. The molecule has 0 spiro atoms. The van der Waals surface area contributed by atoms with Crippen molar-refractivity contribution >= 4 is 53.2 Å². The Balaban J connectivity index is 1.06. The van der Waals surface area contributed by atoms with Crippen LogP contribution < -0.4 is 0 Å². The zero-order valence-electron chi connectivity index (χ0n) is 21.1. The van der Waals surface area contributed by atoms with Crippen LogP contribution in [0.1, 0.15) is 71.1 Å². The van der Waals surface area contributed by atoms with Gasteiger partial charge in [-0.2, -0.15) is 35.3 Å². The van der Waals surface area contributed by atoms with E-state index in [0.717, 1.165) is 73.5 Å². The lowest BCUT2D eigenvalue weighted by molar-refractivity contribution is -0.168. The Bertz CT molecular complexity index is 774. The molecule has 0 N–H and O–H groups in total. The van der Waals surface area contributed by atoms with Crippen molar-refractivity contribution in [3.8, 4) is 0 Å². The standard InChI is InChI=1S/C27H38O6S3/c1-2-27(12-31-24(28)15-3-6-18-21(9-15)34-18,13-32-25(29)16-4-7-19-22(10-16)35-19)14-33-26(30)17-5-8-20-23(11-17)36-20/h15-23H,2-14H2,1H3/t15-,16-,17?,18?,19?,20?,21?,22?,23+,27?/m0/s1. The first kappa shape index (κ1) is 25.7. The number of fused-ring (bicyclic) bond motifs is 3. The lowest BCUT2D eigenvalue weighted by Gasteiger charge is -2.33. The van der Waals surface area contributed by atoms with Crippen LogP contribution in [0.15, 0.2) is 0 Å². The number of hydrogen-bond acceptors (Lipinski definition) is 9. The molecule has 6 aliphatic rings. The molecule has 0 amide bonds. The highest BCUT2D eigenvalue weighted by Gasteiger charge is 2.48. The molecule has 6 fully saturated rings. The SMILES string of the molecule is CCC(COC(=O)C1CCC2S[C@@H]2C1)(COC(=O)[C@H]1CCC2SC2C1)COC(=O)[C@H]1CCC2SC2C1. The van der Waals surface area contributed by atoms with Gasteiger partial charge in [0.2, 0.25) is 0 Å². The summed E-state index contributed by atoms with van der Waals surface area (Å²) in [4.78, 5) is 38.8. The molecule has 0 aromatic heterocycles. The van der Waals surface area contributed by atoms with Crippen molar-refractivity contribution < 1.29 is 28.6 Å². The summed E-state index contributed by atoms with van der Waals surface area (Å²) in [5, 5.41) is 4.10. The Kier molecular flexibility index (Phi) is 7.54. The summed E-state index contributed by atoms with van der Waals surface area (Å²) in [5.74, 6) is -0.575. The van der Waals surface area contributed by atoms with Gasteiger partial charge in [0.1, 0.15) is 19.8 Å². The van der Waals surface area contributed by atoms with Crippen LogP contribution in [0.3, 0.4) is 0 Å². The molecule has 3 heterocycles. The molecule has 0 bridgehead atoms. The van der Waals surface area contributed by atoms with E-state index in [0.29, 0.717) is 22.2 Å². The fourth-order valence-corrected chi connectivity index (χ4v) is 9.98. The Morgan fingerprint density at radius 1 is 0.583 bits per heavy atom. The van der Waals surface area contributed by atoms with Gasteiger partial charge in [-0.05, 0) is 64.2 Å². The third-order valence-corrected chi connectivity index (χ3v) is 13.7. The smallest absolute Gasteiger partial charge is 0.308 e. The summed E-state index contributed by atoms with van der Waals surface area (Å²) in [6.07, 6.45) is 9.25. The van der Waals surface area contributed by atoms with Crippen molar-refractivity contribution in [2.45, 2.75) is 103 Å². The van der Waals surface area contributed by atoms with Crippen LogP contribution in [0.5, 0.6) is 0 Å². The highest BCUT2D eigenvalue weighted by Crippen LogP contribution is 2.54. The fraction of sp³-hybridized carbons (Fsp3) is 0.889. The van der Waals surface area contributed by atoms with Crippen LogP contribution in [0, 0.1) is 23.2 Å². The molecule has 6 rings (SSSR count). The lowest BCUT2D eigenvalue weighted by atomic mass is 9.86. The van der Waals surface area contributed by atoms with Crippen molar-refractivity contribution in [2.24, 2.45) is 23.2 Å². The Labute approximate surface area is 226 Å². The molecule has 0 aromatic rings. The number of thioether (sulfide) groups is 3. The van der Waals surface area contributed by atoms with Gasteiger partial charge in [0.15, 0.2) is 0 Å². The van der Waals surface area contributed by atoms with Crippen LogP contribution >= 0.6 is 35.3 Å². The Hall–Kier alpha value is -0.540. The van der Waals surface area contributed by atoms with E-state index < -0.39 is 5.41 Å². The van der Waals surface area contributed by atoms with Crippen LogP contribution in [-0.4, -0.2) is 69.2 Å². The molecule has 0 radical (unpaired) electrons. The summed E-state index contributed by atoms with van der Waals surface area (Å²) < 4.78 is 17.6. The van der Waals surface area contributed by atoms with Gasteiger partial charge in [-0.15, -0.1) is 0 Å². The zero-order chi connectivity index (χ0) is 24.9. The maximum Gasteiger partial charge on any atom is 0.308 e. The predicted molar refractivity (Wildman–Crippen MR) is 143 cm³/mol. The second kappa shape index (κ2) is 10.6.